The van der Waals surface area contributed by atoms with Gasteiger partial charge in [-0.2, -0.15) is 0 Å². The lowest BCUT2D eigenvalue weighted by atomic mass is 9.39. The zero-order valence-electron chi connectivity index (χ0n) is 9.22. The Hall–Kier alpha value is -0.570. The van der Waals surface area contributed by atoms with Crippen LogP contribution in [-0.4, -0.2) is 17.1 Å². The summed E-state index contributed by atoms with van der Waals surface area (Å²) in [7, 11) is 0. The highest BCUT2D eigenvalue weighted by atomic mass is 16.6. The van der Waals surface area contributed by atoms with Gasteiger partial charge in [-0.1, -0.05) is 0 Å². The van der Waals surface area contributed by atoms with Crippen molar-refractivity contribution < 1.29 is 9.53 Å². The van der Waals surface area contributed by atoms with Gasteiger partial charge in [0.05, 0.1) is 6.42 Å². The minimum absolute atomic E-state index is 0.0701. The molecule has 2 N–H and O–H groups in total. The number of ether oxygens (including phenoxy) is 1. The summed E-state index contributed by atoms with van der Waals surface area (Å²) in [6.45, 7) is 5.70. The molecule has 80 valence electrons. The molecule has 3 fully saturated rings. The number of carbonyl (C=O) groups excluding carboxylic acids is 1. The van der Waals surface area contributed by atoms with Crippen LogP contribution in [0.2, 0.25) is 0 Å². The van der Waals surface area contributed by atoms with Crippen LogP contribution in [0.3, 0.4) is 0 Å². The fourth-order valence-corrected chi connectivity index (χ4v) is 2.96. The molecule has 3 heteroatoms. The van der Waals surface area contributed by atoms with E-state index in [1.165, 1.54) is 0 Å². The maximum Gasteiger partial charge on any atom is 0.306 e. The lowest BCUT2D eigenvalue weighted by Gasteiger charge is -2.69. The number of nitrogens with two attached hydrogens (primary N) is 1. The Morgan fingerprint density at radius 2 is 1.86 bits per heavy atom. The van der Waals surface area contributed by atoms with Crippen LogP contribution >= 0.6 is 0 Å². The van der Waals surface area contributed by atoms with Crippen molar-refractivity contribution in [2.45, 2.75) is 57.6 Å². The highest BCUT2D eigenvalue weighted by molar-refractivity contribution is 5.71. The van der Waals surface area contributed by atoms with Gasteiger partial charge >= 0.3 is 5.97 Å². The molecule has 0 saturated heterocycles. The summed E-state index contributed by atoms with van der Waals surface area (Å²) in [6.07, 6.45) is 3.60. The molecule has 2 bridgehead atoms. The van der Waals surface area contributed by atoms with Crippen LogP contribution in [0.5, 0.6) is 0 Å². The van der Waals surface area contributed by atoms with Crippen molar-refractivity contribution in [1.82, 2.24) is 0 Å². The third-order valence-electron chi connectivity index (χ3n) is 3.12. The Morgan fingerprint density at radius 1 is 1.36 bits per heavy atom. The van der Waals surface area contributed by atoms with Gasteiger partial charge in [0.2, 0.25) is 0 Å². The van der Waals surface area contributed by atoms with Crippen LogP contribution in [0.1, 0.15) is 46.5 Å². The van der Waals surface area contributed by atoms with Crippen LogP contribution < -0.4 is 5.73 Å². The summed E-state index contributed by atoms with van der Waals surface area (Å²) in [5, 5.41) is 0. The van der Waals surface area contributed by atoms with Gasteiger partial charge in [-0.3, -0.25) is 4.79 Å². The molecule has 3 saturated carbocycles. The molecule has 3 aliphatic carbocycles. The number of hydrogen-bond donors (Lipinski definition) is 1. The monoisotopic (exact) mass is 197 g/mol. The van der Waals surface area contributed by atoms with E-state index in [1.807, 2.05) is 20.8 Å². The van der Waals surface area contributed by atoms with Crippen molar-refractivity contribution in [2.75, 3.05) is 0 Å². The summed E-state index contributed by atoms with van der Waals surface area (Å²) >= 11 is 0. The third kappa shape index (κ3) is 1.65. The normalized spacial score (nSPS) is 39.7. The molecule has 0 heterocycles. The van der Waals surface area contributed by atoms with E-state index in [4.69, 9.17) is 10.5 Å². The van der Waals surface area contributed by atoms with E-state index in [0.717, 1.165) is 19.3 Å². The predicted octanol–water partition coefficient (Wildman–Crippen LogP) is 1.60. The minimum Gasteiger partial charge on any atom is -0.460 e. The molecule has 0 unspecified atom stereocenters. The van der Waals surface area contributed by atoms with E-state index < -0.39 is 0 Å². The van der Waals surface area contributed by atoms with E-state index in [0.29, 0.717) is 6.42 Å². The average molecular weight is 197 g/mol. The molecule has 0 aromatic carbocycles. The number of esters is 1. The quantitative estimate of drug-likeness (QED) is 0.684. The van der Waals surface area contributed by atoms with Crippen molar-refractivity contribution in [3.05, 3.63) is 0 Å². The van der Waals surface area contributed by atoms with E-state index in [2.05, 4.69) is 0 Å². The van der Waals surface area contributed by atoms with E-state index in [-0.39, 0.29) is 22.5 Å². The van der Waals surface area contributed by atoms with Gasteiger partial charge in [0.1, 0.15) is 5.60 Å². The van der Waals surface area contributed by atoms with Gasteiger partial charge in [0.25, 0.3) is 0 Å². The summed E-state index contributed by atoms with van der Waals surface area (Å²) in [6, 6.07) is 0. The fraction of sp³-hybridized carbons (Fsp3) is 0.909. The van der Waals surface area contributed by atoms with Gasteiger partial charge in [-0.25, -0.2) is 0 Å². The Morgan fingerprint density at radius 3 is 2.21 bits per heavy atom. The second kappa shape index (κ2) is 2.51. The first kappa shape index (κ1) is 9.97. The first-order valence-corrected chi connectivity index (χ1v) is 5.23. The van der Waals surface area contributed by atoms with Crippen molar-refractivity contribution in [3.63, 3.8) is 0 Å². The molecule has 0 atom stereocenters. The standard InChI is InChI=1S/C11H19NO2/c1-9(2,3)14-8(13)4-10-5-11(12,6-10)7-10/h4-7,12H2,1-3H3. The van der Waals surface area contributed by atoms with Gasteiger partial charge in [-0.05, 0) is 45.4 Å². The lowest BCUT2D eigenvalue weighted by Crippen LogP contribution is -2.72. The minimum atomic E-state index is -0.360. The summed E-state index contributed by atoms with van der Waals surface area (Å²) in [5.41, 5.74) is 5.87. The van der Waals surface area contributed by atoms with Gasteiger partial charge in [0.15, 0.2) is 0 Å². The molecule has 0 aromatic heterocycles. The Balaban J connectivity index is 1.80. The zero-order valence-corrected chi connectivity index (χ0v) is 9.22. The molecule has 14 heavy (non-hydrogen) atoms. The smallest absolute Gasteiger partial charge is 0.306 e. The number of carbonyl (C=O) groups is 1. The Labute approximate surface area is 85.0 Å². The van der Waals surface area contributed by atoms with E-state index >= 15 is 0 Å². The number of hydrogen-bond acceptors (Lipinski definition) is 3. The van der Waals surface area contributed by atoms with E-state index in [9.17, 15) is 4.79 Å². The lowest BCUT2D eigenvalue weighted by molar-refractivity contribution is -0.179. The summed E-state index contributed by atoms with van der Waals surface area (Å²) < 4.78 is 5.29. The predicted molar refractivity (Wildman–Crippen MR) is 53.7 cm³/mol. The summed E-state index contributed by atoms with van der Waals surface area (Å²) in [4.78, 5) is 11.5. The van der Waals surface area contributed by atoms with Gasteiger partial charge < -0.3 is 10.5 Å². The Bertz CT molecular complexity index is 258. The average Bonchev–Trinajstić information content (AvgIpc) is 1.76. The zero-order chi connectivity index (χ0) is 10.6. The molecule has 0 amide bonds. The van der Waals surface area contributed by atoms with Crippen LogP contribution in [0.25, 0.3) is 0 Å². The van der Waals surface area contributed by atoms with Gasteiger partial charge in [0, 0.05) is 5.54 Å². The maximum atomic E-state index is 11.5. The van der Waals surface area contributed by atoms with Crippen molar-refractivity contribution in [1.29, 1.82) is 0 Å². The first-order valence-electron chi connectivity index (χ1n) is 5.23. The van der Waals surface area contributed by atoms with Crippen molar-refractivity contribution in [3.8, 4) is 0 Å². The molecule has 0 aliphatic heterocycles. The molecule has 3 aliphatic rings. The highest BCUT2D eigenvalue weighted by Gasteiger charge is 2.66. The first-order chi connectivity index (χ1) is 6.22. The number of rotatable bonds is 2. The fourth-order valence-electron chi connectivity index (χ4n) is 2.96. The molecule has 0 aromatic rings. The Kier molecular flexibility index (Phi) is 1.79. The molecule has 3 rings (SSSR count). The topological polar surface area (TPSA) is 52.3 Å². The van der Waals surface area contributed by atoms with Crippen LogP contribution in [0, 0.1) is 5.41 Å². The van der Waals surface area contributed by atoms with Crippen LogP contribution in [-0.2, 0) is 9.53 Å². The third-order valence-corrected chi connectivity index (χ3v) is 3.12. The van der Waals surface area contributed by atoms with E-state index in [1.54, 1.807) is 0 Å². The second-order valence-electron chi connectivity index (χ2n) is 6.16. The second-order valence-corrected chi connectivity index (χ2v) is 6.16. The SMILES string of the molecule is CC(C)(C)OC(=O)CC12CC(N)(C1)C2. The molecular weight excluding hydrogens is 178 g/mol. The molecule has 0 radical (unpaired) electrons. The molecule has 3 nitrogen and oxygen atoms in total. The van der Waals surface area contributed by atoms with Crippen molar-refractivity contribution in [2.24, 2.45) is 11.1 Å². The molecular formula is C11H19NO2. The van der Waals surface area contributed by atoms with Gasteiger partial charge in [-0.15, -0.1) is 0 Å². The van der Waals surface area contributed by atoms with Crippen molar-refractivity contribution >= 4 is 5.97 Å². The van der Waals surface area contributed by atoms with Crippen LogP contribution in [0.15, 0.2) is 0 Å². The van der Waals surface area contributed by atoms with Crippen LogP contribution in [0.4, 0.5) is 0 Å². The molecule has 0 spiro atoms. The largest absolute Gasteiger partial charge is 0.460 e. The summed E-state index contributed by atoms with van der Waals surface area (Å²) in [5.74, 6) is -0.0701. The highest BCUT2D eigenvalue weighted by Crippen LogP contribution is 2.67. The maximum absolute atomic E-state index is 11.5.